The average Bonchev–Trinajstić information content (AvgIpc) is 3.64. The molecule has 0 spiro atoms. The molecule has 0 atom stereocenters. The van der Waals surface area contributed by atoms with Crippen LogP contribution in [0.2, 0.25) is 0 Å². The Morgan fingerprint density at radius 2 is 1.91 bits per heavy atom. The van der Waals surface area contributed by atoms with E-state index in [1.165, 1.54) is 22.8 Å². The Bertz CT molecular complexity index is 1280. The third-order valence-corrected chi connectivity index (χ3v) is 6.86. The lowest BCUT2D eigenvalue weighted by atomic mass is 10.0. The highest BCUT2D eigenvalue weighted by Gasteiger charge is 2.46. The molecule has 2 fully saturated rings. The van der Waals surface area contributed by atoms with Crippen LogP contribution in [0.3, 0.4) is 0 Å². The van der Waals surface area contributed by atoms with E-state index in [-0.39, 0.29) is 22.8 Å². The van der Waals surface area contributed by atoms with Gasteiger partial charge in [-0.2, -0.15) is 0 Å². The molecule has 184 valence electrons. The van der Waals surface area contributed by atoms with Crippen molar-refractivity contribution in [2.24, 2.45) is 7.05 Å². The molecule has 0 amide bonds. The molecule has 3 heterocycles. The van der Waals surface area contributed by atoms with E-state index in [1.807, 2.05) is 6.20 Å². The van der Waals surface area contributed by atoms with E-state index in [1.54, 1.807) is 26.4 Å². The number of methoxy groups -OCH3 is 1. The fourth-order valence-corrected chi connectivity index (χ4v) is 4.63. The van der Waals surface area contributed by atoms with Crippen LogP contribution in [-0.2, 0) is 17.2 Å². The van der Waals surface area contributed by atoms with E-state index < -0.39 is 11.6 Å². The largest absolute Gasteiger partial charge is 0.487 e. The molecular weight excluding hydrogens is 454 g/mol. The van der Waals surface area contributed by atoms with E-state index >= 15 is 0 Å². The first-order valence-electron chi connectivity index (χ1n) is 11.8. The fourth-order valence-electron chi connectivity index (χ4n) is 4.63. The van der Waals surface area contributed by atoms with Crippen LogP contribution in [-0.4, -0.2) is 47.4 Å². The zero-order valence-corrected chi connectivity index (χ0v) is 19.8. The monoisotopic (exact) mass is 482 g/mol. The Labute approximate surface area is 202 Å². The number of ether oxygens (including phenoxy) is 2. The lowest BCUT2D eigenvalue weighted by Crippen LogP contribution is -2.39. The van der Waals surface area contributed by atoms with Gasteiger partial charge in [-0.3, -0.25) is 4.79 Å². The molecular formula is C26H28F2N4O3. The van der Waals surface area contributed by atoms with Crippen molar-refractivity contribution in [1.82, 2.24) is 14.5 Å². The second kappa shape index (κ2) is 9.37. The summed E-state index contributed by atoms with van der Waals surface area (Å²) < 4.78 is 40.0. The second-order valence-electron chi connectivity index (χ2n) is 9.39. The van der Waals surface area contributed by atoms with Gasteiger partial charge in [0.15, 0.2) is 17.4 Å². The van der Waals surface area contributed by atoms with Crippen molar-refractivity contribution < 1.29 is 18.3 Å². The number of hydrogen-bond acceptors (Lipinski definition) is 6. The number of halogens is 2. The molecule has 1 saturated carbocycles. The number of pyridine rings is 1. The van der Waals surface area contributed by atoms with Crippen molar-refractivity contribution in [3.05, 3.63) is 70.4 Å². The number of rotatable bonds is 7. The number of hydrogen-bond donors (Lipinski definition) is 0. The molecule has 2 aromatic heterocycles. The summed E-state index contributed by atoms with van der Waals surface area (Å²) in [6, 6.07) is 6.67. The van der Waals surface area contributed by atoms with Gasteiger partial charge in [0.2, 0.25) is 5.56 Å². The molecule has 3 aromatic rings. The van der Waals surface area contributed by atoms with Crippen LogP contribution in [0.15, 0.2) is 47.5 Å². The van der Waals surface area contributed by atoms with Crippen molar-refractivity contribution in [2.75, 3.05) is 31.7 Å². The zero-order valence-electron chi connectivity index (χ0n) is 19.8. The highest BCUT2D eigenvalue weighted by Crippen LogP contribution is 2.48. The van der Waals surface area contributed by atoms with Crippen LogP contribution in [0.25, 0.3) is 11.3 Å². The van der Waals surface area contributed by atoms with Gasteiger partial charge in [0.25, 0.3) is 0 Å². The maximum Gasteiger partial charge on any atom is 0.250 e. The molecule has 0 N–H and O–H groups in total. The van der Waals surface area contributed by atoms with Gasteiger partial charge in [-0.1, -0.05) is 0 Å². The summed E-state index contributed by atoms with van der Waals surface area (Å²) in [4.78, 5) is 24.0. The summed E-state index contributed by atoms with van der Waals surface area (Å²) >= 11 is 0. The Kier molecular flexibility index (Phi) is 6.27. The van der Waals surface area contributed by atoms with Gasteiger partial charge < -0.3 is 18.9 Å². The maximum absolute atomic E-state index is 14.0. The minimum atomic E-state index is -0.698. The third-order valence-electron chi connectivity index (χ3n) is 6.86. The second-order valence-corrected chi connectivity index (χ2v) is 9.39. The van der Waals surface area contributed by atoms with Crippen molar-refractivity contribution in [3.8, 4) is 17.0 Å². The normalized spacial score (nSPS) is 17.4. The third kappa shape index (κ3) is 4.77. The van der Waals surface area contributed by atoms with Gasteiger partial charge in [0.1, 0.15) is 17.6 Å². The predicted molar refractivity (Wildman–Crippen MR) is 128 cm³/mol. The van der Waals surface area contributed by atoms with Crippen LogP contribution in [0.4, 0.5) is 14.6 Å². The summed E-state index contributed by atoms with van der Waals surface area (Å²) in [6.07, 6.45) is 6.75. The number of nitrogens with zero attached hydrogens (tertiary/aromatic N) is 4. The standard InChI is InChI=1S/C26H28F2N4O3/c1-31-15-17(3-6-23(31)33)24-25(29-14-22(30-24)26(9-10-26)16-34-2)32-11-7-19(8-12-32)35-21-5-4-18(27)13-20(21)28/h3-6,13-15,19H,7-12,16H2,1-2H3. The lowest BCUT2D eigenvalue weighted by Gasteiger charge is -2.34. The van der Waals surface area contributed by atoms with Crippen LogP contribution >= 0.6 is 0 Å². The SMILES string of the molecule is COCC1(c2cnc(N3CCC(Oc4ccc(F)cc4F)CC3)c(-c3ccc(=O)n(C)c3)n2)CC1. The van der Waals surface area contributed by atoms with Gasteiger partial charge in [-0.05, 0) is 31.0 Å². The molecule has 1 aromatic carbocycles. The molecule has 1 saturated heterocycles. The van der Waals surface area contributed by atoms with E-state index in [9.17, 15) is 13.6 Å². The van der Waals surface area contributed by atoms with Crippen molar-refractivity contribution in [1.29, 1.82) is 0 Å². The summed E-state index contributed by atoms with van der Waals surface area (Å²) in [7, 11) is 3.41. The first-order valence-corrected chi connectivity index (χ1v) is 11.8. The van der Waals surface area contributed by atoms with Gasteiger partial charge in [-0.25, -0.2) is 18.7 Å². The van der Waals surface area contributed by atoms with Gasteiger partial charge in [0.05, 0.1) is 18.5 Å². The highest BCUT2D eigenvalue weighted by molar-refractivity contribution is 5.72. The Balaban J connectivity index is 1.40. The number of anilines is 1. The van der Waals surface area contributed by atoms with E-state index in [4.69, 9.17) is 19.4 Å². The van der Waals surface area contributed by atoms with Crippen molar-refractivity contribution in [3.63, 3.8) is 0 Å². The molecule has 0 unspecified atom stereocenters. The minimum absolute atomic E-state index is 0.0627. The molecule has 35 heavy (non-hydrogen) atoms. The molecule has 2 aliphatic rings. The Morgan fingerprint density at radius 1 is 1.14 bits per heavy atom. The molecule has 9 heteroatoms. The van der Waals surface area contributed by atoms with Crippen LogP contribution in [0.1, 0.15) is 31.4 Å². The Morgan fingerprint density at radius 3 is 2.57 bits per heavy atom. The number of aryl methyl sites for hydroxylation is 1. The summed E-state index contributed by atoms with van der Waals surface area (Å²) in [5.41, 5.74) is 2.25. The quantitative estimate of drug-likeness (QED) is 0.510. The first-order chi connectivity index (χ1) is 16.9. The summed E-state index contributed by atoms with van der Waals surface area (Å²) in [5, 5.41) is 0. The van der Waals surface area contributed by atoms with E-state index in [0.717, 1.165) is 41.7 Å². The van der Waals surface area contributed by atoms with Crippen LogP contribution in [0.5, 0.6) is 5.75 Å². The highest BCUT2D eigenvalue weighted by atomic mass is 19.1. The molecule has 0 bridgehead atoms. The molecule has 7 nitrogen and oxygen atoms in total. The smallest absolute Gasteiger partial charge is 0.250 e. The van der Waals surface area contributed by atoms with E-state index in [0.29, 0.717) is 32.5 Å². The van der Waals surface area contributed by atoms with Gasteiger partial charge in [0, 0.05) is 69.4 Å². The maximum atomic E-state index is 14.0. The number of aromatic nitrogens is 3. The van der Waals surface area contributed by atoms with Crippen molar-refractivity contribution in [2.45, 2.75) is 37.2 Å². The van der Waals surface area contributed by atoms with Crippen LogP contribution in [0, 0.1) is 11.6 Å². The minimum Gasteiger partial charge on any atom is -0.487 e. The van der Waals surface area contributed by atoms with Gasteiger partial charge >= 0.3 is 0 Å². The summed E-state index contributed by atoms with van der Waals surface area (Å²) in [6.45, 7) is 1.88. The molecule has 1 aliphatic carbocycles. The average molecular weight is 483 g/mol. The summed E-state index contributed by atoms with van der Waals surface area (Å²) in [5.74, 6) is -0.521. The fraction of sp³-hybridized carbons (Fsp3) is 0.423. The topological polar surface area (TPSA) is 69.5 Å². The molecule has 0 radical (unpaired) electrons. The Hall–Kier alpha value is -3.33. The van der Waals surface area contributed by atoms with Gasteiger partial charge in [-0.15, -0.1) is 0 Å². The number of benzene rings is 1. The van der Waals surface area contributed by atoms with Crippen LogP contribution < -0.4 is 15.2 Å². The first kappa shape index (κ1) is 23.4. The zero-order chi connectivity index (χ0) is 24.6. The molecule has 1 aliphatic heterocycles. The predicted octanol–water partition coefficient (Wildman–Crippen LogP) is 3.85. The lowest BCUT2D eigenvalue weighted by molar-refractivity contribution is 0.163. The molecule has 5 rings (SSSR count). The number of piperidine rings is 1. The van der Waals surface area contributed by atoms with Crippen molar-refractivity contribution >= 4 is 5.82 Å². The van der Waals surface area contributed by atoms with E-state index in [2.05, 4.69) is 4.90 Å².